The smallest absolute Gasteiger partial charge is 0.276 e. The molecule has 72 heavy (non-hydrogen) atoms. The zero-order valence-electron chi connectivity index (χ0n) is 38.7. The van der Waals surface area contributed by atoms with Crippen LogP contribution in [-0.2, 0) is 24.7 Å². The van der Waals surface area contributed by atoms with Gasteiger partial charge < -0.3 is 20.2 Å². The Hall–Kier alpha value is -7.30. The summed E-state index contributed by atoms with van der Waals surface area (Å²) in [5.74, 6) is -0.470. The molecule has 2 atom stereocenters. The van der Waals surface area contributed by atoms with Crippen molar-refractivity contribution in [3.05, 3.63) is 231 Å². The lowest BCUT2D eigenvalue weighted by Crippen LogP contribution is -2.71. The van der Waals surface area contributed by atoms with Crippen LogP contribution in [0.1, 0.15) is 70.3 Å². The number of benzene rings is 5. The van der Waals surface area contributed by atoms with Crippen molar-refractivity contribution < 1.29 is 19.2 Å². The highest BCUT2D eigenvalue weighted by molar-refractivity contribution is 8.00. The lowest BCUT2D eigenvalue weighted by molar-refractivity contribution is -0.144. The predicted molar refractivity (Wildman–Crippen MR) is 291 cm³/mol. The van der Waals surface area contributed by atoms with Crippen molar-refractivity contribution >= 4 is 79.9 Å². The van der Waals surface area contributed by atoms with Crippen LogP contribution in [-0.4, -0.2) is 65.7 Å². The first-order valence-electron chi connectivity index (χ1n) is 23.7. The van der Waals surface area contributed by atoms with Crippen LogP contribution in [0.3, 0.4) is 0 Å². The highest BCUT2D eigenvalue weighted by Gasteiger charge is 2.55. The van der Waals surface area contributed by atoms with Crippen LogP contribution >= 0.6 is 46.7 Å². The number of aromatic nitrogens is 3. The van der Waals surface area contributed by atoms with E-state index in [0.29, 0.717) is 27.3 Å². The number of oxime groups is 1. The highest BCUT2D eigenvalue weighted by atomic mass is 32.2. The highest BCUT2D eigenvalue weighted by Crippen LogP contribution is 2.46. The first-order valence-corrected chi connectivity index (χ1v) is 27.0. The molecule has 1 saturated carbocycles. The number of thiazole rings is 2. The third kappa shape index (κ3) is 9.48. The Balaban J connectivity index is 0.912. The van der Waals surface area contributed by atoms with Crippen LogP contribution in [0.4, 0.5) is 5.13 Å². The summed E-state index contributed by atoms with van der Waals surface area (Å²) in [5, 5.41) is 16.1. The standard InChI is InChI=1S/C57H47N7O4S4/c65-51(47(63-68-43-30-16-17-31-43)46-36-72-56(60-46)62-57(40-24-10-3-11-25-40,41-26-12-4-13-27-41)42-28-14-5-15-29-42)61-48-53(66)64-49(55(69)67-50(37-19-6-1-7-20-37)38-21-8-2-9-22-38)44(34-71-54(48)64)52-59-45(35-70-52)39-23-18-32-58-33-39/h1-15,18-29,32-33,35-36,43,48,50,54H,16-17,30-31,34H2,(H,60,62)(H,61,65)/t48-,54-/m1/s1. The number of thioether (sulfide) groups is 1. The molecule has 2 amide bonds. The normalized spacial score (nSPS) is 17.0. The quantitative estimate of drug-likeness (QED) is 0.0317. The lowest BCUT2D eigenvalue weighted by Gasteiger charge is -2.50. The fourth-order valence-electron chi connectivity index (χ4n) is 9.50. The summed E-state index contributed by atoms with van der Waals surface area (Å²) in [4.78, 5) is 51.7. The summed E-state index contributed by atoms with van der Waals surface area (Å²) < 4.78 is 6.82. The number of ether oxygens (including phenoxy) is 1. The third-order valence-corrected chi connectivity index (χ3v) is 16.3. The Bertz CT molecular complexity index is 3110. The Morgan fingerprint density at radius 2 is 1.35 bits per heavy atom. The Morgan fingerprint density at radius 1 is 0.750 bits per heavy atom. The Morgan fingerprint density at radius 3 is 1.93 bits per heavy atom. The monoisotopic (exact) mass is 1020 g/mol. The van der Waals surface area contributed by atoms with Gasteiger partial charge in [-0.3, -0.25) is 19.5 Å². The number of carbonyl (C=O) groups excluding carboxylic acids is 2. The topological polar surface area (TPSA) is 131 Å². The summed E-state index contributed by atoms with van der Waals surface area (Å²) in [7, 11) is 0. The Labute approximate surface area is 435 Å². The zero-order chi connectivity index (χ0) is 48.9. The SMILES string of the molecule is O=C(N[C@@H]1C(=O)N2C(C(=S)OC(c3ccccc3)c3ccccc3)=C(c3nc(-c4cccnc4)cs3)CS[C@H]12)C(=NOC1CCCC1)c1csc(NC(c2ccccc2)(c2ccccc2)c2ccccc2)n1. The van der Waals surface area contributed by atoms with E-state index in [-0.39, 0.29) is 22.8 Å². The molecule has 5 aromatic carbocycles. The Kier molecular flexibility index (Phi) is 13.8. The van der Waals surface area contributed by atoms with E-state index in [2.05, 4.69) is 57.2 Å². The number of nitrogens with one attached hydrogen (secondary N) is 2. The number of rotatable bonds is 16. The number of hydrogen-bond acceptors (Lipinski definition) is 13. The first kappa shape index (κ1) is 47.0. The van der Waals surface area contributed by atoms with Crippen molar-refractivity contribution in [1.29, 1.82) is 0 Å². The molecular formula is C57H47N7O4S4. The molecule has 2 aliphatic heterocycles. The molecular weight excluding hydrogens is 975 g/mol. The minimum atomic E-state index is -0.919. The molecule has 8 aromatic rings. The van der Waals surface area contributed by atoms with Gasteiger partial charge in [0.25, 0.3) is 11.8 Å². The van der Waals surface area contributed by atoms with Crippen molar-refractivity contribution in [2.45, 2.75) is 54.8 Å². The molecule has 3 aliphatic rings. The molecule has 15 heteroatoms. The van der Waals surface area contributed by atoms with Gasteiger partial charge in [0.15, 0.2) is 10.8 Å². The molecule has 5 heterocycles. The second-order valence-electron chi connectivity index (χ2n) is 17.5. The molecule has 1 aliphatic carbocycles. The van der Waals surface area contributed by atoms with Crippen LogP contribution in [0.5, 0.6) is 0 Å². The average Bonchev–Trinajstić information content (AvgIpc) is 4.26. The van der Waals surface area contributed by atoms with Gasteiger partial charge in [-0.1, -0.05) is 157 Å². The summed E-state index contributed by atoms with van der Waals surface area (Å²) in [6, 6.07) is 53.4. The maximum Gasteiger partial charge on any atom is 0.276 e. The molecule has 0 bridgehead atoms. The number of anilines is 1. The van der Waals surface area contributed by atoms with Gasteiger partial charge in [-0.25, -0.2) is 9.97 Å². The van der Waals surface area contributed by atoms with E-state index in [1.807, 2.05) is 133 Å². The minimum absolute atomic E-state index is 0.0161. The van der Waals surface area contributed by atoms with Crippen LogP contribution in [0.15, 0.2) is 198 Å². The van der Waals surface area contributed by atoms with Crippen LogP contribution in [0.2, 0.25) is 0 Å². The van der Waals surface area contributed by atoms with Crippen molar-refractivity contribution in [1.82, 2.24) is 25.2 Å². The molecule has 0 unspecified atom stereocenters. The fraction of sp³-hybridized carbons (Fsp3) is 0.175. The molecule has 1 saturated heterocycles. The maximum absolute atomic E-state index is 14.8. The van der Waals surface area contributed by atoms with Gasteiger partial charge in [0, 0.05) is 40.0 Å². The van der Waals surface area contributed by atoms with E-state index in [1.54, 1.807) is 22.7 Å². The predicted octanol–water partition coefficient (Wildman–Crippen LogP) is 11.7. The van der Waals surface area contributed by atoms with Crippen LogP contribution < -0.4 is 10.6 Å². The zero-order valence-corrected chi connectivity index (χ0v) is 42.0. The van der Waals surface area contributed by atoms with Gasteiger partial charge in [-0.2, -0.15) is 0 Å². The number of β-lactam (4-membered cyclic amide) rings is 1. The number of carbonyl (C=O) groups is 2. The summed E-state index contributed by atoms with van der Waals surface area (Å²) >= 11 is 10.6. The average molecular weight is 1020 g/mol. The summed E-state index contributed by atoms with van der Waals surface area (Å²) in [6.07, 6.45) is 6.51. The van der Waals surface area contributed by atoms with Crippen molar-refractivity contribution in [3.63, 3.8) is 0 Å². The van der Waals surface area contributed by atoms with Gasteiger partial charge in [-0.05, 0) is 77.9 Å². The van der Waals surface area contributed by atoms with Gasteiger partial charge in [0.2, 0.25) is 5.05 Å². The molecule has 0 spiro atoms. The fourth-order valence-corrected chi connectivity index (χ4v) is 12.9. The summed E-state index contributed by atoms with van der Waals surface area (Å²) in [5.41, 5.74) is 7.15. The van der Waals surface area contributed by atoms with E-state index >= 15 is 0 Å². The molecule has 2 N–H and O–H groups in total. The maximum atomic E-state index is 14.8. The van der Waals surface area contributed by atoms with Crippen molar-refractivity contribution in [2.24, 2.45) is 5.16 Å². The lowest BCUT2D eigenvalue weighted by atomic mass is 9.77. The molecule has 358 valence electrons. The molecule has 2 fully saturated rings. The van der Waals surface area contributed by atoms with Gasteiger partial charge in [-0.15, -0.1) is 34.4 Å². The number of nitrogens with zero attached hydrogens (tertiary/aromatic N) is 5. The van der Waals surface area contributed by atoms with Gasteiger partial charge in [0.05, 0.1) is 5.69 Å². The molecule has 11 nitrogen and oxygen atoms in total. The summed E-state index contributed by atoms with van der Waals surface area (Å²) in [6.45, 7) is 0. The molecule has 11 rings (SSSR count). The number of thiocarbonyl (C=S) groups is 1. The van der Waals surface area contributed by atoms with Crippen LogP contribution in [0, 0.1) is 0 Å². The number of amides is 2. The second-order valence-corrected chi connectivity index (χ2v) is 20.7. The van der Waals surface area contributed by atoms with E-state index in [1.165, 1.54) is 34.4 Å². The molecule has 3 aromatic heterocycles. The minimum Gasteiger partial charge on any atom is -0.469 e. The third-order valence-electron chi connectivity index (χ3n) is 13.1. The first-order chi connectivity index (χ1) is 35.4. The van der Waals surface area contributed by atoms with Crippen molar-refractivity contribution in [2.75, 3.05) is 11.1 Å². The van der Waals surface area contributed by atoms with E-state index in [4.69, 9.17) is 31.8 Å². The van der Waals surface area contributed by atoms with Gasteiger partial charge in [0.1, 0.15) is 45.6 Å². The largest absolute Gasteiger partial charge is 0.469 e. The van der Waals surface area contributed by atoms with E-state index < -0.39 is 29.0 Å². The van der Waals surface area contributed by atoms with E-state index in [9.17, 15) is 9.59 Å². The molecule has 0 radical (unpaired) electrons. The number of fused-ring (bicyclic) bond motifs is 1. The van der Waals surface area contributed by atoms with Gasteiger partial charge >= 0.3 is 0 Å². The second kappa shape index (κ2) is 21.2. The number of pyridine rings is 1. The number of hydrogen-bond donors (Lipinski definition) is 2. The van der Waals surface area contributed by atoms with Crippen molar-refractivity contribution in [3.8, 4) is 11.3 Å². The van der Waals surface area contributed by atoms with E-state index in [0.717, 1.165) is 70.3 Å². The van der Waals surface area contributed by atoms with Crippen LogP contribution in [0.25, 0.3) is 16.8 Å².